The molecular weight excluding hydrogens is 543 g/mol. The summed E-state index contributed by atoms with van der Waals surface area (Å²) in [6.07, 6.45) is -0.978. The Bertz CT molecular complexity index is 1460. The van der Waals surface area contributed by atoms with Crippen molar-refractivity contribution >= 4 is 45.4 Å². The summed E-state index contributed by atoms with van der Waals surface area (Å²) in [6.45, 7) is 3.62. The molecule has 2 heterocycles. The number of nitrogens with one attached hydrogen (secondary N) is 1. The number of carbonyl (C=O) groups is 1. The molecule has 0 bridgehead atoms. The van der Waals surface area contributed by atoms with E-state index in [0.29, 0.717) is 0 Å². The van der Waals surface area contributed by atoms with E-state index in [-0.39, 0.29) is 48.0 Å². The zero-order chi connectivity index (χ0) is 27.7. The second kappa shape index (κ2) is 10.9. The highest BCUT2D eigenvalue weighted by Crippen LogP contribution is 2.36. The second-order valence-corrected chi connectivity index (χ2v) is 11.3. The number of anilines is 1. The van der Waals surface area contributed by atoms with Gasteiger partial charge < -0.3 is 9.84 Å². The number of rotatable bonds is 6. The van der Waals surface area contributed by atoms with Crippen LogP contribution in [0, 0.1) is 19.8 Å². The molecule has 4 rings (SSSR count). The summed E-state index contributed by atoms with van der Waals surface area (Å²) in [5.41, 5.74) is 1.10. The van der Waals surface area contributed by atoms with Crippen LogP contribution in [0.2, 0.25) is 5.02 Å². The third-order valence-electron chi connectivity index (χ3n) is 6.30. The molecule has 0 saturated carbocycles. The maximum atomic E-state index is 13.4. The topological polar surface area (TPSA) is 92.5 Å². The van der Waals surface area contributed by atoms with Crippen molar-refractivity contribution in [2.24, 2.45) is 5.92 Å². The molecule has 1 saturated heterocycles. The molecule has 0 spiro atoms. The van der Waals surface area contributed by atoms with E-state index in [1.807, 2.05) is 31.2 Å². The largest absolute Gasteiger partial charge is 0.417 e. The van der Waals surface area contributed by atoms with Crippen LogP contribution in [0.15, 0.2) is 51.9 Å². The van der Waals surface area contributed by atoms with E-state index in [0.717, 1.165) is 23.3 Å². The number of benzene rings is 2. The molecule has 2 aromatic carbocycles. The van der Waals surface area contributed by atoms with Gasteiger partial charge in [0.25, 0.3) is 0 Å². The predicted molar refractivity (Wildman–Crippen MR) is 138 cm³/mol. The van der Waals surface area contributed by atoms with Crippen LogP contribution < -0.4 is 5.32 Å². The van der Waals surface area contributed by atoms with Crippen LogP contribution in [0.4, 0.5) is 18.9 Å². The van der Waals surface area contributed by atoms with Gasteiger partial charge in [-0.2, -0.15) is 17.5 Å². The average Bonchev–Trinajstić information content (AvgIpc) is 3.25. The minimum absolute atomic E-state index is 0.0353. The number of nitrogens with zero attached hydrogens (tertiary/aromatic N) is 2. The standard InChI is InChI=1S/C26H25ClF3N3O4S/c1-16-3-5-18(6-4-16)7-10-23-24(17(2)32-37-23)38(35,36)33-13-11-19(12-14-33)25(34)31-20-8-9-22(27)21(15-20)26(28,29)30/h3-10,15,19H,11-14H2,1-2H3,(H,31,34). The highest BCUT2D eigenvalue weighted by Gasteiger charge is 2.37. The highest BCUT2D eigenvalue weighted by atomic mass is 35.5. The molecule has 38 heavy (non-hydrogen) atoms. The van der Waals surface area contributed by atoms with Gasteiger partial charge in [0.05, 0.1) is 10.6 Å². The maximum Gasteiger partial charge on any atom is 0.417 e. The lowest BCUT2D eigenvalue weighted by molar-refractivity contribution is -0.137. The maximum absolute atomic E-state index is 13.4. The minimum Gasteiger partial charge on any atom is -0.355 e. The fourth-order valence-corrected chi connectivity index (χ4v) is 6.14. The second-order valence-electron chi connectivity index (χ2n) is 9.07. The summed E-state index contributed by atoms with van der Waals surface area (Å²) in [6, 6.07) is 10.8. The highest BCUT2D eigenvalue weighted by molar-refractivity contribution is 7.89. The van der Waals surface area contributed by atoms with Crippen molar-refractivity contribution in [3.63, 3.8) is 0 Å². The monoisotopic (exact) mass is 567 g/mol. The van der Waals surface area contributed by atoms with E-state index in [4.69, 9.17) is 16.1 Å². The van der Waals surface area contributed by atoms with E-state index < -0.39 is 38.6 Å². The fraction of sp³-hybridized carbons (Fsp3) is 0.308. The number of hydrogen-bond donors (Lipinski definition) is 1. The third kappa shape index (κ3) is 6.11. The zero-order valence-corrected chi connectivity index (χ0v) is 22.1. The first-order valence-corrected chi connectivity index (χ1v) is 13.6. The zero-order valence-electron chi connectivity index (χ0n) is 20.5. The Kier molecular flexibility index (Phi) is 8.01. The van der Waals surface area contributed by atoms with Crippen molar-refractivity contribution in [1.29, 1.82) is 0 Å². The van der Waals surface area contributed by atoms with Crippen LogP contribution in [-0.4, -0.2) is 36.9 Å². The van der Waals surface area contributed by atoms with Crippen molar-refractivity contribution in [3.05, 3.63) is 75.6 Å². The van der Waals surface area contributed by atoms with Gasteiger partial charge in [0.1, 0.15) is 5.69 Å². The van der Waals surface area contributed by atoms with E-state index in [1.165, 1.54) is 10.4 Å². The Labute approximate surface area is 223 Å². The third-order valence-corrected chi connectivity index (χ3v) is 8.69. The molecule has 1 aliphatic heterocycles. The number of piperidine rings is 1. The summed E-state index contributed by atoms with van der Waals surface area (Å²) < 4.78 is 72.8. The Hall–Kier alpha value is -3.15. The quantitative estimate of drug-likeness (QED) is 0.384. The van der Waals surface area contributed by atoms with Crippen molar-refractivity contribution in [2.45, 2.75) is 37.8 Å². The van der Waals surface area contributed by atoms with Gasteiger partial charge in [0.2, 0.25) is 15.9 Å². The number of alkyl halides is 3. The van der Waals surface area contributed by atoms with Crippen LogP contribution >= 0.6 is 11.6 Å². The SMILES string of the molecule is Cc1ccc(C=Cc2onc(C)c2S(=O)(=O)N2CCC(C(=O)Nc3ccc(Cl)c(C(F)(F)F)c3)CC2)cc1. The molecule has 7 nitrogen and oxygen atoms in total. The lowest BCUT2D eigenvalue weighted by atomic mass is 9.97. The number of halogens is 4. The fourth-order valence-electron chi connectivity index (χ4n) is 4.20. The first kappa shape index (κ1) is 27.9. The summed E-state index contributed by atoms with van der Waals surface area (Å²) in [5, 5.41) is 5.86. The van der Waals surface area contributed by atoms with Gasteiger partial charge >= 0.3 is 6.18 Å². The van der Waals surface area contributed by atoms with Crippen molar-refractivity contribution in [3.8, 4) is 0 Å². The molecule has 1 aliphatic rings. The lowest BCUT2D eigenvalue weighted by Crippen LogP contribution is -2.41. The van der Waals surface area contributed by atoms with E-state index in [1.54, 1.807) is 19.1 Å². The minimum atomic E-state index is -4.66. The molecule has 1 amide bonds. The average molecular weight is 568 g/mol. The van der Waals surface area contributed by atoms with Crippen LogP contribution in [0.5, 0.6) is 0 Å². The van der Waals surface area contributed by atoms with Gasteiger partial charge in [-0.15, -0.1) is 0 Å². The molecule has 12 heteroatoms. The van der Waals surface area contributed by atoms with E-state index in [9.17, 15) is 26.4 Å². The van der Waals surface area contributed by atoms with Crippen molar-refractivity contribution < 1.29 is 30.9 Å². The Balaban J connectivity index is 1.44. The molecule has 1 aromatic heterocycles. The van der Waals surface area contributed by atoms with Crippen LogP contribution in [0.1, 0.15) is 41.0 Å². The van der Waals surface area contributed by atoms with E-state index in [2.05, 4.69) is 10.5 Å². The Morgan fingerprint density at radius 2 is 1.76 bits per heavy atom. The Morgan fingerprint density at radius 1 is 1.11 bits per heavy atom. The van der Waals surface area contributed by atoms with Crippen LogP contribution in [0.25, 0.3) is 12.2 Å². The first-order chi connectivity index (χ1) is 17.9. The summed E-state index contributed by atoms with van der Waals surface area (Å²) in [7, 11) is -3.97. The van der Waals surface area contributed by atoms with E-state index >= 15 is 0 Å². The molecule has 0 unspecified atom stereocenters. The molecule has 0 radical (unpaired) electrons. The number of aryl methyl sites for hydroxylation is 2. The molecular formula is C26H25ClF3N3O4S. The number of aromatic nitrogens is 1. The van der Waals surface area contributed by atoms with Gasteiger partial charge in [0.15, 0.2) is 10.7 Å². The molecule has 0 atom stereocenters. The summed E-state index contributed by atoms with van der Waals surface area (Å²) >= 11 is 5.64. The number of hydrogen-bond acceptors (Lipinski definition) is 5. The summed E-state index contributed by atoms with van der Waals surface area (Å²) in [5.74, 6) is -0.956. The van der Waals surface area contributed by atoms with Crippen molar-refractivity contribution in [1.82, 2.24) is 9.46 Å². The first-order valence-electron chi connectivity index (χ1n) is 11.7. The predicted octanol–water partition coefficient (Wildman–Crippen LogP) is 6.17. The van der Waals surface area contributed by atoms with Gasteiger partial charge in [-0.25, -0.2) is 8.42 Å². The number of amides is 1. The molecule has 3 aromatic rings. The lowest BCUT2D eigenvalue weighted by Gasteiger charge is -2.30. The number of sulfonamides is 1. The Morgan fingerprint density at radius 3 is 2.39 bits per heavy atom. The van der Waals surface area contributed by atoms with Crippen LogP contribution in [0.3, 0.4) is 0 Å². The molecule has 202 valence electrons. The molecule has 1 fully saturated rings. The molecule has 0 aliphatic carbocycles. The van der Waals surface area contributed by atoms with Crippen LogP contribution in [-0.2, 0) is 21.0 Å². The van der Waals surface area contributed by atoms with Gasteiger partial charge in [-0.1, -0.05) is 52.7 Å². The van der Waals surface area contributed by atoms with Crippen molar-refractivity contribution in [2.75, 3.05) is 18.4 Å². The van der Waals surface area contributed by atoms with Gasteiger partial charge in [-0.3, -0.25) is 4.79 Å². The smallest absolute Gasteiger partial charge is 0.355 e. The summed E-state index contributed by atoms with van der Waals surface area (Å²) in [4.78, 5) is 12.7. The van der Waals surface area contributed by atoms with Gasteiger partial charge in [-0.05, 0) is 56.5 Å². The number of carbonyl (C=O) groups excluding carboxylic acids is 1. The molecule has 1 N–H and O–H groups in total. The normalized spacial score (nSPS) is 15.7. The van der Waals surface area contributed by atoms with Gasteiger partial charge in [0, 0.05) is 24.7 Å².